The molecule has 0 bridgehead atoms. The summed E-state index contributed by atoms with van der Waals surface area (Å²) < 4.78 is 0. The minimum Gasteiger partial charge on any atom is -0.355 e. The number of nitrogens with two attached hydrogens (primary N) is 2. The number of carbonyl (C=O) groups is 2. The monoisotopic (exact) mass is 256 g/mol. The number of carbonyl (C=O) groups excluding carboxylic acids is 2. The first-order valence-electron chi connectivity index (χ1n) is 6.66. The summed E-state index contributed by atoms with van der Waals surface area (Å²) in [6, 6.07) is 0. The van der Waals surface area contributed by atoms with Gasteiger partial charge in [0.15, 0.2) is 0 Å². The van der Waals surface area contributed by atoms with Crippen molar-refractivity contribution < 1.29 is 9.59 Å². The molecule has 0 heterocycles. The van der Waals surface area contributed by atoms with Gasteiger partial charge >= 0.3 is 0 Å². The molecule has 6 heteroatoms. The maximum Gasteiger partial charge on any atom is 0.223 e. The van der Waals surface area contributed by atoms with Gasteiger partial charge in [0, 0.05) is 38.0 Å². The summed E-state index contributed by atoms with van der Waals surface area (Å²) >= 11 is 0. The first-order valence-corrected chi connectivity index (χ1v) is 6.66. The highest BCUT2D eigenvalue weighted by atomic mass is 16.2. The van der Waals surface area contributed by atoms with Gasteiger partial charge in [-0.2, -0.15) is 0 Å². The van der Waals surface area contributed by atoms with Gasteiger partial charge in [-0.15, -0.1) is 0 Å². The van der Waals surface area contributed by atoms with Crippen molar-refractivity contribution in [1.82, 2.24) is 10.6 Å². The van der Waals surface area contributed by atoms with E-state index in [9.17, 15) is 9.59 Å². The second kappa shape index (κ2) is 8.05. The lowest BCUT2D eigenvalue weighted by atomic mass is 9.78. The Labute approximate surface area is 108 Å². The van der Waals surface area contributed by atoms with Crippen molar-refractivity contribution in [3.05, 3.63) is 0 Å². The van der Waals surface area contributed by atoms with Crippen LogP contribution in [0.3, 0.4) is 0 Å². The van der Waals surface area contributed by atoms with Gasteiger partial charge in [0.1, 0.15) is 0 Å². The minimum absolute atomic E-state index is 0.0481. The molecule has 2 amide bonds. The zero-order valence-corrected chi connectivity index (χ0v) is 10.8. The fraction of sp³-hybridized carbons (Fsp3) is 0.833. The van der Waals surface area contributed by atoms with E-state index in [0.29, 0.717) is 26.2 Å². The molecule has 2 atom stereocenters. The van der Waals surface area contributed by atoms with Gasteiger partial charge in [0.05, 0.1) is 0 Å². The quantitative estimate of drug-likeness (QED) is 0.485. The molecule has 2 unspecified atom stereocenters. The fourth-order valence-electron chi connectivity index (χ4n) is 2.41. The SMILES string of the molecule is NCCNC(=O)C1CCCCC1C(=O)NCCN. The number of nitrogens with one attached hydrogen (secondary N) is 2. The van der Waals surface area contributed by atoms with Crippen LogP contribution in [0, 0.1) is 11.8 Å². The molecule has 0 aromatic carbocycles. The molecule has 1 rings (SSSR count). The zero-order valence-electron chi connectivity index (χ0n) is 10.8. The Morgan fingerprint density at radius 3 is 1.61 bits per heavy atom. The Hall–Kier alpha value is -1.14. The number of hydrogen-bond donors (Lipinski definition) is 4. The van der Waals surface area contributed by atoms with Gasteiger partial charge in [0.25, 0.3) is 0 Å². The van der Waals surface area contributed by atoms with E-state index >= 15 is 0 Å². The Bertz CT molecular complexity index is 255. The first kappa shape index (κ1) is 14.9. The predicted molar refractivity (Wildman–Crippen MR) is 69.6 cm³/mol. The summed E-state index contributed by atoms with van der Waals surface area (Å²) in [6.45, 7) is 1.77. The highest BCUT2D eigenvalue weighted by Crippen LogP contribution is 2.30. The average molecular weight is 256 g/mol. The van der Waals surface area contributed by atoms with Crippen LogP contribution in [-0.2, 0) is 9.59 Å². The topological polar surface area (TPSA) is 110 Å². The van der Waals surface area contributed by atoms with Crippen LogP contribution >= 0.6 is 0 Å². The summed E-state index contributed by atoms with van der Waals surface area (Å²) in [4.78, 5) is 23.9. The van der Waals surface area contributed by atoms with Crippen LogP contribution in [0.25, 0.3) is 0 Å². The van der Waals surface area contributed by atoms with Crippen LogP contribution in [-0.4, -0.2) is 38.0 Å². The number of rotatable bonds is 6. The van der Waals surface area contributed by atoms with E-state index in [-0.39, 0.29) is 23.7 Å². The van der Waals surface area contributed by atoms with Crippen molar-refractivity contribution in [2.75, 3.05) is 26.2 Å². The molecule has 1 aliphatic carbocycles. The molecule has 0 aliphatic heterocycles. The second-order valence-corrected chi connectivity index (χ2v) is 4.66. The maximum absolute atomic E-state index is 12.0. The van der Waals surface area contributed by atoms with Crippen LogP contribution in [0.5, 0.6) is 0 Å². The van der Waals surface area contributed by atoms with Crippen LogP contribution in [0.4, 0.5) is 0 Å². The van der Waals surface area contributed by atoms with Crippen LogP contribution in [0.15, 0.2) is 0 Å². The summed E-state index contributed by atoms with van der Waals surface area (Å²) in [6.07, 6.45) is 3.55. The molecular weight excluding hydrogens is 232 g/mol. The third-order valence-corrected chi connectivity index (χ3v) is 3.33. The minimum atomic E-state index is -0.219. The molecule has 0 aromatic rings. The molecule has 6 nitrogen and oxygen atoms in total. The summed E-state index contributed by atoms with van der Waals surface area (Å²) in [5, 5.41) is 5.55. The lowest BCUT2D eigenvalue weighted by Crippen LogP contribution is -2.45. The number of hydrogen-bond acceptors (Lipinski definition) is 4. The lowest BCUT2D eigenvalue weighted by molar-refractivity contribution is -0.136. The second-order valence-electron chi connectivity index (χ2n) is 4.66. The average Bonchev–Trinajstić information content (AvgIpc) is 2.42. The van der Waals surface area contributed by atoms with Crippen molar-refractivity contribution >= 4 is 11.8 Å². The van der Waals surface area contributed by atoms with E-state index in [1.165, 1.54) is 0 Å². The largest absolute Gasteiger partial charge is 0.355 e. The van der Waals surface area contributed by atoms with E-state index in [0.717, 1.165) is 25.7 Å². The lowest BCUT2D eigenvalue weighted by Gasteiger charge is -2.29. The predicted octanol–water partition coefficient (Wildman–Crippen LogP) is -1.06. The third-order valence-electron chi connectivity index (χ3n) is 3.33. The molecule has 1 aliphatic rings. The summed E-state index contributed by atoms with van der Waals surface area (Å²) in [5.74, 6) is -0.535. The molecule has 0 aromatic heterocycles. The molecular formula is C12H24N4O2. The van der Waals surface area contributed by atoms with Gasteiger partial charge in [-0.3, -0.25) is 9.59 Å². The van der Waals surface area contributed by atoms with E-state index in [4.69, 9.17) is 11.5 Å². The molecule has 0 spiro atoms. The van der Waals surface area contributed by atoms with Crippen LogP contribution in [0.1, 0.15) is 25.7 Å². The van der Waals surface area contributed by atoms with Crippen LogP contribution in [0.2, 0.25) is 0 Å². The van der Waals surface area contributed by atoms with Gasteiger partial charge in [0.2, 0.25) is 11.8 Å². The van der Waals surface area contributed by atoms with Crippen molar-refractivity contribution in [2.24, 2.45) is 23.3 Å². The van der Waals surface area contributed by atoms with Crippen molar-refractivity contribution in [3.63, 3.8) is 0 Å². The molecule has 1 fully saturated rings. The summed E-state index contributed by atoms with van der Waals surface area (Å²) in [7, 11) is 0. The Morgan fingerprint density at radius 1 is 0.889 bits per heavy atom. The highest BCUT2D eigenvalue weighted by Gasteiger charge is 2.35. The van der Waals surface area contributed by atoms with E-state index < -0.39 is 0 Å². The maximum atomic E-state index is 12.0. The standard InChI is InChI=1S/C12H24N4O2/c13-5-7-15-11(17)9-3-1-2-4-10(9)12(18)16-8-6-14/h9-10H,1-8,13-14H2,(H,15,17)(H,16,18). The Kier molecular flexibility index (Phi) is 6.67. The molecule has 1 saturated carbocycles. The summed E-state index contributed by atoms with van der Waals surface area (Å²) in [5.41, 5.74) is 10.7. The van der Waals surface area contributed by atoms with Gasteiger partial charge < -0.3 is 22.1 Å². The van der Waals surface area contributed by atoms with Crippen LogP contribution < -0.4 is 22.1 Å². The Morgan fingerprint density at radius 2 is 1.28 bits per heavy atom. The van der Waals surface area contributed by atoms with Gasteiger partial charge in [-0.25, -0.2) is 0 Å². The molecule has 104 valence electrons. The molecule has 0 saturated heterocycles. The molecule has 6 N–H and O–H groups in total. The molecule has 18 heavy (non-hydrogen) atoms. The van der Waals surface area contributed by atoms with Crippen molar-refractivity contribution in [2.45, 2.75) is 25.7 Å². The van der Waals surface area contributed by atoms with Gasteiger partial charge in [-0.1, -0.05) is 12.8 Å². The highest BCUT2D eigenvalue weighted by molar-refractivity contribution is 5.87. The smallest absolute Gasteiger partial charge is 0.223 e. The van der Waals surface area contributed by atoms with Crippen molar-refractivity contribution in [3.8, 4) is 0 Å². The first-order chi connectivity index (χ1) is 8.70. The third kappa shape index (κ3) is 4.27. The van der Waals surface area contributed by atoms with Gasteiger partial charge in [-0.05, 0) is 12.8 Å². The van der Waals surface area contributed by atoms with E-state index in [2.05, 4.69) is 10.6 Å². The van der Waals surface area contributed by atoms with E-state index in [1.807, 2.05) is 0 Å². The zero-order chi connectivity index (χ0) is 13.4. The number of amides is 2. The normalized spacial score (nSPS) is 23.4. The van der Waals surface area contributed by atoms with E-state index in [1.54, 1.807) is 0 Å². The van der Waals surface area contributed by atoms with Crippen molar-refractivity contribution in [1.29, 1.82) is 0 Å². The fourth-order valence-corrected chi connectivity index (χ4v) is 2.41. The Balaban J connectivity index is 2.55. The molecule has 0 radical (unpaired) electrons.